The highest BCUT2D eigenvalue weighted by atomic mass is 35.5. The zero-order valence-corrected chi connectivity index (χ0v) is 14.8. The number of hydrogen-bond acceptors (Lipinski definition) is 4. The second-order valence-electron chi connectivity index (χ2n) is 6.22. The van der Waals surface area contributed by atoms with Gasteiger partial charge in [0, 0.05) is 32.2 Å². The van der Waals surface area contributed by atoms with Crippen molar-refractivity contribution in [2.75, 3.05) is 13.6 Å². The first-order chi connectivity index (χ1) is 12.5. The first-order valence-electron chi connectivity index (χ1n) is 8.21. The van der Waals surface area contributed by atoms with Crippen LogP contribution < -0.4 is 5.32 Å². The molecule has 0 spiro atoms. The Labute approximate surface area is 154 Å². The fraction of sp³-hybridized carbons (Fsp3) is 0.294. The fourth-order valence-electron chi connectivity index (χ4n) is 3.24. The minimum atomic E-state index is -0.205. The molecular weight excluding hydrogens is 356 g/mol. The Hall–Kier alpha value is -2.87. The number of halogens is 1. The zero-order valence-electron chi connectivity index (χ0n) is 14.1. The molecule has 3 aromatic heterocycles. The van der Waals surface area contributed by atoms with Gasteiger partial charge in [-0.25, -0.2) is 4.98 Å². The Bertz CT molecular complexity index is 994. The van der Waals surface area contributed by atoms with E-state index in [1.807, 2.05) is 10.7 Å². The lowest BCUT2D eigenvalue weighted by atomic mass is 10.1. The average Bonchev–Trinajstić information content (AvgIpc) is 3.26. The predicted octanol–water partition coefficient (Wildman–Crippen LogP) is 1.52. The van der Waals surface area contributed by atoms with Crippen LogP contribution in [0.1, 0.15) is 28.6 Å². The Morgan fingerprint density at radius 2 is 2.15 bits per heavy atom. The number of imidazole rings is 1. The van der Waals surface area contributed by atoms with Gasteiger partial charge in [0.1, 0.15) is 11.3 Å². The van der Waals surface area contributed by atoms with E-state index >= 15 is 0 Å². The molecule has 0 radical (unpaired) electrons. The summed E-state index contributed by atoms with van der Waals surface area (Å²) in [6.45, 7) is 0.827. The number of carbonyl (C=O) groups excluding carboxylic acids is 2. The first kappa shape index (κ1) is 16.6. The number of nitrogens with zero attached hydrogens (tertiary/aromatic N) is 5. The van der Waals surface area contributed by atoms with Crippen LogP contribution in [0.3, 0.4) is 0 Å². The van der Waals surface area contributed by atoms with Crippen molar-refractivity contribution in [3.63, 3.8) is 0 Å². The van der Waals surface area contributed by atoms with Gasteiger partial charge in [0.25, 0.3) is 5.91 Å². The van der Waals surface area contributed by atoms with Gasteiger partial charge in [-0.1, -0.05) is 11.6 Å². The average molecular weight is 373 g/mol. The lowest BCUT2D eigenvalue weighted by Gasteiger charge is -2.33. The maximum absolute atomic E-state index is 13.0. The summed E-state index contributed by atoms with van der Waals surface area (Å²) >= 11 is 5.99. The summed E-state index contributed by atoms with van der Waals surface area (Å²) in [6.07, 6.45) is 5.33. The summed E-state index contributed by atoms with van der Waals surface area (Å²) in [5, 5.41) is 7.49. The highest BCUT2D eigenvalue weighted by Gasteiger charge is 2.31. The maximum atomic E-state index is 13.0. The molecule has 0 aliphatic carbocycles. The molecule has 134 valence electrons. The van der Waals surface area contributed by atoms with E-state index in [-0.39, 0.29) is 24.3 Å². The van der Waals surface area contributed by atoms with Crippen LogP contribution in [0.4, 0.5) is 0 Å². The van der Waals surface area contributed by atoms with Gasteiger partial charge in [-0.15, -0.1) is 0 Å². The van der Waals surface area contributed by atoms with Crippen LogP contribution in [-0.4, -0.2) is 49.5 Å². The molecule has 4 heterocycles. The number of amides is 2. The van der Waals surface area contributed by atoms with Crippen LogP contribution in [0.5, 0.6) is 0 Å². The number of rotatable bonds is 3. The van der Waals surface area contributed by atoms with Gasteiger partial charge in [-0.2, -0.15) is 5.10 Å². The molecule has 0 saturated carbocycles. The third kappa shape index (κ3) is 2.92. The van der Waals surface area contributed by atoms with E-state index in [9.17, 15) is 9.59 Å². The molecule has 8 nitrogen and oxygen atoms in total. The number of aromatic nitrogens is 4. The van der Waals surface area contributed by atoms with Gasteiger partial charge < -0.3 is 14.6 Å². The summed E-state index contributed by atoms with van der Waals surface area (Å²) in [5.74, 6) is -0.271. The molecule has 2 amide bonds. The normalized spacial score (nSPS) is 16.5. The quantitative estimate of drug-likeness (QED) is 0.755. The van der Waals surface area contributed by atoms with E-state index in [0.717, 1.165) is 5.69 Å². The van der Waals surface area contributed by atoms with E-state index in [2.05, 4.69) is 15.4 Å². The van der Waals surface area contributed by atoms with Crippen molar-refractivity contribution in [3.05, 3.63) is 53.2 Å². The molecule has 1 aliphatic heterocycles. The van der Waals surface area contributed by atoms with Crippen molar-refractivity contribution in [2.24, 2.45) is 0 Å². The Balaban J connectivity index is 1.62. The van der Waals surface area contributed by atoms with E-state index in [0.29, 0.717) is 29.5 Å². The number of carbonyl (C=O) groups is 2. The monoisotopic (exact) mass is 372 g/mol. The lowest BCUT2D eigenvalue weighted by Crippen LogP contribution is -2.42. The molecule has 1 atom stereocenters. The molecule has 0 aromatic carbocycles. The predicted molar refractivity (Wildman–Crippen MR) is 94.9 cm³/mol. The molecule has 9 heteroatoms. The van der Waals surface area contributed by atoms with Gasteiger partial charge in [0.05, 0.1) is 29.7 Å². The lowest BCUT2D eigenvalue weighted by molar-refractivity contribution is -0.121. The largest absolute Gasteiger partial charge is 0.359 e. The summed E-state index contributed by atoms with van der Waals surface area (Å²) in [7, 11) is 1.60. The van der Waals surface area contributed by atoms with Gasteiger partial charge in [-0.3, -0.25) is 14.3 Å². The molecule has 1 N–H and O–H groups in total. The summed E-state index contributed by atoms with van der Waals surface area (Å²) in [6, 6.07) is 5.15. The summed E-state index contributed by atoms with van der Waals surface area (Å²) < 4.78 is 3.55. The minimum Gasteiger partial charge on any atom is -0.359 e. The number of hydrogen-bond donors (Lipinski definition) is 1. The molecule has 4 rings (SSSR count). The van der Waals surface area contributed by atoms with Gasteiger partial charge in [0.15, 0.2) is 0 Å². The molecule has 0 fully saturated rings. The number of pyridine rings is 1. The number of nitrogens with one attached hydrogen (secondary N) is 1. The fourth-order valence-corrected chi connectivity index (χ4v) is 3.41. The minimum absolute atomic E-state index is 0.0897. The van der Waals surface area contributed by atoms with E-state index < -0.39 is 0 Å². The topological polar surface area (TPSA) is 84.5 Å². The van der Waals surface area contributed by atoms with Crippen molar-refractivity contribution in [2.45, 2.75) is 19.0 Å². The van der Waals surface area contributed by atoms with Crippen LogP contribution >= 0.6 is 11.6 Å². The highest BCUT2D eigenvalue weighted by Crippen LogP contribution is 2.24. The Kier molecular flexibility index (Phi) is 4.12. The van der Waals surface area contributed by atoms with Gasteiger partial charge in [0.2, 0.25) is 5.91 Å². The molecule has 1 aliphatic rings. The van der Waals surface area contributed by atoms with E-state index in [4.69, 9.17) is 11.6 Å². The molecule has 26 heavy (non-hydrogen) atoms. The Morgan fingerprint density at radius 3 is 2.96 bits per heavy atom. The van der Waals surface area contributed by atoms with Crippen LogP contribution in [-0.2, 0) is 11.3 Å². The maximum Gasteiger partial charge on any atom is 0.274 e. The second kappa shape index (κ2) is 6.45. The second-order valence-corrected chi connectivity index (χ2v) is 6.66. The molecular formula is C17H17ClN6O2. The Morgan fingerprint density at radius 1 is 1.31 bits per heavy atom. The van der Waals surface area contributed by atoms with Crippen molar-refractivity contribution in [3.8, 4) is 0 Å². The third-order valence-corrected chi connectivity index (χ3v) is 4.73. The molecule has 0 bridgehead atoms. The van der Waals surface area contributed by atoms with Crippen LogP contribution in [0.2, 0.25) is 5.02 Å². The van der Waals surface area contributed by atoms with Crippen LogP contribution in [0, 0.1) is 0 Å². The van der Waals surface area contributed by atoms with Crippen LogP contribution in [0.25, 0.3) is 5.65 Å². The van der Waals surface area contributed by atoms with E-state index in [1.54, 1.807) is 47.1 Å². The standard InChI is InChI=1S/C17H17ClN6O2/c1-19-16(25)6-13-9-23(8-12-4-5-20-24(12)13)17(26)14-10-22-7-11(18)2-3-15(22)21-14/h2-5,7,10,13H,6,8-9H2,1H3,(H,19,25)/t13-/m0/s1. The zero-order chi connectivity index (χ0) is 18.3. The van der Waals surface area contributed by atoms with Gasteiger partial charge >= 0.3 is 0 Å². The van der Waals surface area contributed by atoms with Crippen LogP contribution in [0.15, 0.2) is 36.8 Å². The third-order valence-electron chi connectivity index (χ3n) is 4.50. The van der Waals surface area contributed by atoms with Crippen molar-refractivity contribution in [1.29, 1.82) is 0 Å². The van der Waals surface area contributed by atoms with E-state index in [1.165, 1.54) is 0 Å². The van der Waals surface area contributed by atoms with Crippen molar-refractivity contribution < 1.29 is 9.59 Å². The van der Waals surface area contributed by atoms with Crippen molar-refractivity contribution >= 4 is 29.1 Å². The summed E-state index contributed by atoms with van der Waals surface area (Å²) in [4.78, 5) is 30.9. The molecule has 0 unspecified atom stereocenters. The number of fused-ring (bicyclic) bond motifs is 2. The van der Waals surface area contributed by atoms with Crippen molar-refractivity contribution in [1.82, 2.24) is 29.4 Å². The summed E-state index contributed by atoms with van der Waals surface area (Å²) in [5.41, 5.74) is 1.89. The SMILES string of the molecule is CNC(=O)C[C@H]1CN(C(=O)c2cn3cc(Cl)ccc3n2)Cc2ccnn21. The smallest absolute Gasteiger partial charge is 0.274 e. The highest BCUT2D eigenvalue weighted by molar-refractivity contribution is 6.30. The molecule has 0 saturated heterocycles. The molecule has 3 aromatic rings. The first-order valence-corrected chi connectivity index (χ1v) is 8.59. The van der Waals surface area contributed by atoms with Gasteiger partial charge in [-0.05, 0) is 18.2 Å².